The van der Waals surface area contributed by atoms with Crippen LogP contribution in [-0.2, 0) is 6.54 Å². The highest BCUT2D eigenvalue weighted by Gasteiger charge is 2.19. The third-order valence-corrected chi connectivity index (χ3v) is 6.34. The Kier molecular flexibility index (Phi) is 5.92. The fourth-order valence-electron chi connectivity index (χ4n) is 3.69. The van der Waals surface area contributed by atoms with Crippen LogP contribution in [0.2, 0.25) is 0 Å². The maximum atomic E-state index is 4.44. The Morgan fingerprint density at radius 2 is 1.68 bits per heavy atom. The van der Waals surface area contributed by atoms with Crippen LogP contribution in [0.3, 0.4) is 0 Å². The van der Waals surface area contributed by atoms with Gasteiger partial charge in [-0.3, -0.25) is 9.47 Å². The van der Waals surface area contributed by atoms with Crippen molar-refractivity contribution in [1.29, 1.82) is 0 Å². The summed E-state index contributed by atoms with van der Waals surface area (Å²) in [7, 11) is 0. The quantitative estimate of drug-likeness (QED) is 0.611. The lowest BCUT2D eigenvalue weighted by Crippen LogP contribution is -2.46. The minimum absolute atomic E-state index is 0.940. The van der Waals surface area contributed by atoms with E-state index < -0.39 is 0 Å². The van der Waals surface area contributed by atoms with Gasteiger partial charge in [0.2, 0.25) is 10.3 Å². The summed E-state index contributed by atoms with van der Waals surface area (Å²) in [6, 6.07) is 15.0. The maximum absolute atomic E-state index is 4.44. The normalized spacial score (nSPS) is 15.1. The first-order chi connectivity index (χ1) is 13.8. The van der Waals surface area contributed by atoms with Crippen LogP contribution in [0.15, 0.2) is 48.7 Å². The average molecular weight is 397 g/mol. The van der Waals surface area contributed by atoms with Gasteiger partial charge in [-0.1, -0.05) is 29.5 Å². The van der Waals surface area contributed by atoms with Crippen molar-refractivity contribution < 1.29 is 0 Å². The molecule has 0 saturated carbocycles. The Morgan fingerprint density at radius 3 is 2.39 bits per heavy atom. The number of nitrogens with zero attached hydrogens (tertiary/aromatic N) is 6. The molecule has 0 aliphatic carbocycles. The van der Waals surface area contributed by atoms with Crippen molar-refractivity contribution in [1.82, 2.24) is 19.7 Å². The Bertz CT molecular complexity index is 862. The number of anilines is 2. The second-order valence-corrected chi connectivity index (χ2v) is 7.94. The number of hydrogen-bond donors (Lipinski definition) is 0. The molecule has 3 aromatic rings. The molecular weight excluding hydrogens is 368 g/mol. The van der Waals surface area contributed by atoms with E-state index in [2.05, 4.69) is 92.0 Å². The van der Waals surface area contributed by atoms with Crippen molar-refractivity contribution in [2.24, 2.45) is 0 Å². The lowest BCUT2D eigenvalue weighted by atomic mass is 10.2. The molecule has 0 N–H and O–H groups in total. The average Bonchev–Trinajstić information content (AvgIpc) is 3.40. The zero-order valence-corrected chi connectivity index (χ0v) is 17.5. The predicted octanol–water partition coefficient (Wildman–Crippen LogP) is 3.50. The molecule has 0 amide bonds. The summed E-state index contributed by atoms with van der Waals surface area (Å²) in [5.74, 6) is 0. The molecule has 0 radical (unpaired) electrons. The van der Waals surface area contributed by atoms with Crippen molar-refractivity contribution in [2.75, 3.05) is 49.1 Å². The molecule has 1 fully saturated rings. The second-order valence-electron chi connectivity index (χ2n) is 7.01. The molecule has 2 aromatic heterocycles. The standard InChI is InChI=1S/C21H28N6S/c1-3-25(4-2)20-22-23-21(28-20)27-12-8-11-19(27)17-24-13-15-26(16-14-24)18-9-6-5-7-10-18/h5-12H,3-4,13-17H2,1-2H3. The van der Waals surface area contributed by atoms with E-state index in [1.54, 1.807) is 11.3 Å². The van der Waals surface area contributed by atoms with Gasteiger partial charge in [0, 0.05) is 63.4 Å². The first kappa shape index (κ1) is 19.0. The molecule has 1 saturated heterocycles. The molecule has 7 heteroatoms. The number of hydrogen-bond acceptors (Lipinski definition) is 6. The van der Waals surface area contributed by atoms with Gasteiger partial charge < -0.3 is 9.80 Å². The largest absolute Gasteiger partial charge is 0.369 e. The van der Waals surface area contributed by atoms with E-state index in [4.69, 9.17) is 0 Å². The van der Waals surface area contributed by atoms with Crippen LogP contribution in [0.1, 0.15) is 19.5 Å². The van der Waals surface area contributed by atoms with Gasteiger partial charge in [0.1, 0.15) is 0 Å². The third-order valence-electron chi connectivity index (χ3n) is 5.36. The Labute approximate surface area is 171 Å². The highest BCUT2D eigenvalue weighted by atomic mass is 32.1. The van der Waals surface area contributed by atoms with Gasteiger partial charge in [0.15, 0.2) is 0 Å². The van der Waals surface area contributed by atoms with Crippen LogP contribution in [0.5, 0.6) is 0 Å². The summed E-state index contributed by atoms with van der Waals surface area (Å²) in [4.78, 5) is 7.24. The smallest absolute Gasteiger partial charge is 0.218 e. The minimum atomic E-state index is 0.940. The van der Waals surface area contributed by atoms with E-state index in [0.29, 0.717) is 0 Å². The van der Waals surface area contributed by atoms with Gasteiger partial charge in [-0.05, 0) is 38.1 Å². The lowest BCUT2D eigenvalue weighted by molar-refractivity contribution is 0.246. The van der Waals surface area contributed by atoms with Crippen LogP contribution in [0.4, 0.5) is 10.8 Å². The van der Waals surface area contributed by atoms with Gasteiger partial charge in [-0.2, -0.15) is 0 Å². The Balaban J connectivity index is 1.40. The maximum Gasteiger partial charge on any atom is 0.218 e. The number of rotatable bonds is 7. The first-order valence-corrected chi connectivity index (χ1v) is 10.9. The number of aromatic nitrogens is 3. The van der Waals surface area contributed by atoms with Gasteiger partial charge in [-0.15, -0.1) is 10.2 Å². The molecular formula is C21H28N6S. The van der Waals surface area contributed by atoms with E-state index in [1.165, 1.54) is 11.4 Å². The van der Waals surface area contributed by atoms with Crippen molar-refractivity contribution in [3.63, 3.8) is 0 Å². The third kappa shape index (κ3) is 4.05. The summed E-state index contributed by atoms with van der Waals surface area (Å²) in [5.41, 5.74) is 2.60. The van der Waals surface area contributed by atoms with E-state index in [9.17, 15) is 0 Å². The molecule has 0 atom stereocenters. The minimum Gasteiger partial charge on any atom is -0.369 e. The zero-order chi connectivity index (χ0) is 19.3. The molecule has 6 nitrogen and oxygen atoms in total. The number of benzene rings is 1. The molecule has 4 rings (SSSR count). The summed E-state index contributed by atoms with van der Waals surface area (Å²) in [6.45, 7) is 11.4. The van der Waals surface area contributed by atoms with Crippen LogP contribution in [0, 0.1) is 0 Å². The van der Waals surface area contributed by atoms with Crippen LogP contribution >= 0.6 is 11.3 Å². The van der Waals surface area contributed by atoms with Crippen LogP contribution in [-0.4, -0.2) is 58.9 Å². The van der Waals surface area contributed by atoms with Crippen molar-refractivity contribution in [3.05, 3.63) is 54.4 Å². The fourth-order valence-corrected chi connectivity index (χ4v) is 4.68. The highest BCUT2D eigenvalue weighted by molar-refractivity contribution is 7.17. The van der Waals surface area contributed by atoms with Crippen LogP contribution < -0.4 is 9.80 Å². The van der Waals surface area contributed by atoms with Crippen molar-refractivity contribution in [3.8, 4) is 5.13 Å². The van der Waals surface area contributed by atoms with Gasteiger partial charge in [0.25, 0.3) is 0 Å². The molecule has 28 heavy (non-hydrogen) atoms. The molecule has 1 aliphatic heterocycles. The monoisotopic (exact) mass is 396 g/mol. The van der Waals surface area contributed by atoms with E-state index >= 15 is 0 Å². The van der Waals surface area contributed by atoms with Gasteiger partial charge >= 0.3 is 0 Å². The zero-order valence-electron chi connectivity index (χ0n) is 16.7. The van der Waals surface area contributed by atoms with Gasteiger partial charge in [0.05, 0.1) is 0 Å². The number of piperazine rings is 1. The summed E-state index contributed by atoms with van der Waals surface area (Å²) in [5, 5.41) is 10.8. The van der Waals surface area contributed by atoms with E-state index in [1.807, 2.05) is 0 Å². The summed E-state index contributed by atoms with van der Waals surface area (Å²) in [6.07, 6.45) is 2.10. The topological polar surface area (TPSA) is 40.4 Å². The summed E-state index contributed by atoms with van der Waals surface area (Å²) >= 11 is 1.66. The first-order valence-electron chi connectivity index (χ1n) is 10.1. The predicted molar refractivity (Wildman–Crippen MR) is 117 cm³/mol. The number of para-hydroxylation sites is 1. The molecule has 0 unspecified atom stereocenters. The van der Waals surface area contributed by atoms with E-state index in [0.717, 1.165) is 56.1 Å². The van der Waals surface area contributed by atoms with Crippen molar-refractivity contribution in [2.45, 2.75) is 20.4 Å². The molecule has 1 aliphatic rings. The lowest BCUT2D eigenvalue weighted by Gasteiger charge is -2.36. The SMILES string of the molecule is CCN(CC)c1nnc(-n2cccc2CN2CCN(c3ccccc3)CC2)s1. The molecule has 0 bridgehead atoms. The fraction of sp³-hybridized carbons (Fsp3) is 0.429. The summed E-state index contributed by atoms with van der Waals surface area (Å²) < 4.78 is 2.19. The Morgan fingerprint density at radius 1 is 0.929 bits per heavy atom. The molecule has 1 aromatic carbocycles. The Hall–Kier alpha value is -2.38. The van der Waals surface area contributed by atoms with Gasteiger partial charge in [-0.25, -0.2) is 0 Å². The highest BCUT2D eigenvalue weighted by Crippen LogP contribution is 2.25. The molecule has 0 spiro atoms. The van der Waals surface area contributed by atoms with Crippen LogP contribution in [0.25, 0.3) is 5.13 Å². The van der Waals surface area contributed by atoms with Crippen molar-refractivity contribution >= 4 is 22.2 Å². The second kappa shape index (κ2) is 8.75. The molecule has 3 heterocycles. The molecule has 148 valence electrons. The van der Waals surface area contributed by atoms with E-state index in [-0.39, 0.29) is 0 Å².